The zero-order valence-electron chi connectivity index (χ0n) is 10.7. The van der Waals surface area contributed by atoms with Crippen molar-refractivity contribution in [3.05, 3.63) is 33.8 Å². The molecule has 100 valence electrons. The summed E-state index contributed by atoms with van der Waals surface area (Å²) in [6, 6.07) is 6.15. The zero-order chi connectivity index (χ0) is 13.1. The minimum absolute atomic E-state index is 0.297. The first-order valence-electron chi connectivity index (χ1n) is 6.51. The number of likely N-dealkylation sites (tertiary alicyclic amines) is 1. The molecule has 1 aromatic carbocycles. The van der Waals surface area contributed by atoms with E-state index in [9.17, 15) is 0 Å². The quantitative estimate of drug-likeness (QED) is 0.918. The van der Waals surface area contributed by atoms with Crippen molar-refractivity contribution in [1.82, 2.24) is 4.90 Å². The maximum Gasteiger partial charge on any atom is 0.0640 e. The van der Waals surface area contributed by atoms with Gasteiger partial charge in [0.1, 0.15) is 0 Å². The predicted molar refractivity (Wildman–Crippen MR) is 78.2 cm³/mol. The van der Waals surface area contributed by atoms with E-state index in [4.69, 9.17) is 28.9 Å². The van der Waals surface area contributed by atoms with Gasteiger partial charge in [0, 0.05) is 12.6 Å². The van der Waals surface area contributed by atoms with E-state index in [0.29, 0.717) is 22.0 Å². The monoisotopic (exact) mass is 286 g/mol. The van der Waals surface area contributed by atoms with E-state index < -0.39 is 0 Å². The third-order valence-electron chi connectivity index (χ3n) is 3.86. The number of nitrogens with two attached hydrogens (primary N) is 1. The molecule has 2 atom stereocenters. The third-order valence-corrected chi connectivity index (χ3v) is 4.70. The average molecular weight is 287 g/mol. The summed E-state index contributed by atoms with van der Waals surface area (Å²) in [7, 11) is 0. The van der Waals surface area contributed by atoms with Gasteiger partial charge in [0.2, 0.25) is 0 Å². The van der Waals surface area contributed by atoms with E-state index in [-0.39, 0.29) is 0 Å². The Morgan fingerprint density at radius 3 is 2.94 bits per heavy atom. The first-order chi connectivity index (χ1) is 8.63. The molecule has 1 fully saturated rings. The summed E-state index contributed by atoms with van der Waals surface area (Å²) in [6.07, 6.45) is 2.45. The number of benzene rings is 1. The molecule has 0 bridgehead atoms. The van der Waals surface area contributed by atoms with Crippen LogP contribution in [0.15, 0.2) is 18.2 Å². The fourth-order valence-corrected chi connectivity index (χ4v) is 3.15. The highest BCUT2D eigenvalue weighted by Gasteiger charge is 2.25. The Morgan fingerprint density at radius 1 is 1.44 bits per heavy atom. The first-order valence-corrected chi connectivity index (χ1v) is 7.27. The van der Waals surface area contributed by atoms with Gasteiger partial charge in [-0.2, -0.15) is 0 Å². The van der Waals surface area contributed by atoms with Crippen molar-refractivity contribution in [3.8, 4) is 0 Å². The molecule has 0 saturated carbocycles. The molecule has 2 nitrogen and oxygen atoms in total. The van der Waals surface area contributed by atoms with Crippen LogP contribution in [-0.4, -0.2) is 24.5 Å². The van der Waals surface area contributed by atoms with E-state index in [2.05, 4.69) is 17.9 Å². The number of halogens is 2. The Kier molecular flexibility index (Phi) is 4.91. The first kappa shape index (κ1) is 14.1. The lowest BCUT2D eigenvalue weighted by Gasteiger charge is -2.37. The van der Waals surface area contributed by atoms with Crippen molar-refractivity contribution in [2.45, 2.75) is 25.8 Å². The van der Waals surface area contributed by atoms with Crippen LogP contribution in [0.3, 0.4) is 0 Å². The number of hydrogen-bond donors (Lipinski definition) is 1. The second-order valence-corrected chi connectivity index (χ2v) is 5.84. The van der Waals surface area contributed by atoms with Crippen LogP contribution >= 0.6 is 23.2 Å². The van der Waals surface area contributed by atoms with Crippen LogP contribution in [0.4, 0.5) is 0 Å². The van der Waals surface area contributed by atoms with E-state index >= 15 is 0 Å². The molecule has 18 heavy (non-hydrogen) atoms. The van der Waals surface area contributed by atoms with Gasteiger partial charge in [-0.25, -0.2) is 0 Å². The molecule has 1 heterocycles. The van der Waals surface area contributed by atoms with Crippen LogP contribution in [0.25, 0.3) is 0 Å². The molecule has 1 aromatic rings. The van der Waals surface area contributed by atoms with Crippen LogP contribution < -0.4 is 5.73 Å². The Labute approximate surface area is 119 Å². The van der Waals surface area contributed by atoms with Crippen molar-refractivity contribution in [1.29, 1.82) is 0 Å². The maximum absolute atomic E-state index is 6.29. The van der Waals surface area contributed by atoms with Gasteiger partial charge in [-0.15, -0.1) is 0 Å². The molecule has 4 heteroatoms. The summed E-state index contributed by atoms with van der Waals surface area (Å²) in [5, 5.41) is 1.31. The molecule has 2 rings (SSSR count). The SMILES string of the molecule is CC(c1cccc(Cl)c1Cl)N1CCCC(CN)C1. The van der Waals surface area contributed by atoms with E-state index in [0.717, 1.165) is 25.2 Å². The molecule has 0 aliphatic carbocycles. The van der Waals surface area contributed by atoms with Gasteiger partial charge in [-0.05, 0) is 50.4 Å². The van der Waals surface area contributed by atoms with Crippen molar-refractivity contribution in [2.24, 2.45) is 11.7 Å². The Balaban J connectivity index is 2.15. The van der Waals surface area contributed by atoms with Gasteiger partial charge in [0.05, 0.1) is 10.0 Å². The highest BCUT2D eigenvalue weighted by molar-refractivity contribution is 6.42. The van der Waals surface area contributed by atoms with Gasteiger partial charge in [-0.3, -0.25) is 4.90 Å². The van der Waals surface area contributed by atoms with Gasteiger partial charge >= 0.3 is 0 Å². The summed E-state index contributed by atoms with van der Waals surface area (Å²) in [6.45, 7) is 5.13. The zero-order valence-corrected chi connectivity index (χ0v) is 12.2. The van der Waals surface area contributed by atoms with E-state index in [1.165, 1.54) is 12.8 Å². The van der Waals surface area contributed by atoms with Crippen LogP contribution in [0.5, 0.6) is 0 Å². The standard InChI is InChI=1S/C14H20Cl2N2/c1-10(12-5-2-6-13(15)14(12)16)18-7-3-4-11(8-17)9-18/h2,5-6,10-11H,3-4,7-9,17H2,1H3. The third kappa shape index (κ3) is 3.00. The summed E-state index contributed by atoms with van der Waals surface area (Å²) in [5.41, 5.74) is 6.90. The normalized spacial score (nSPS) is 23.0. The summed E-state index contributed by atoms with van der Waals surface area (Å²) in [4.78, 5) is 2.46. The van der Waals surface area contributed by atoms with E-state index in [1.54, 1.807) is 0 Å². The molecule has 0 radical (unpaired) electrons. The fraction of sp³-hybridized carbons (Fsp3) is 0.571. The topological polar surface area (TPSA) is 29.3 Å². The second kappa shape index (κ2) is 6.25. The molecular formula is C14H20Cl2N2. The van der Waals surface area contributed by atoms with Crippen LogP contribution in [0, 0.1) is 5.92 Å². The van der Waals surface area contributed by atoms with Crippen LogP contribution in [-0.2, 0) is 0 Å². The molecule has 1 aliphatic rings. The lowest BCUT2D eigenvalue weighted by atomic mass is 9.95. The molecule has 2 N–H and O–H groups in total. The largest absolute Gasteiger partial charge is 0.330 e. The Bertz CT molecular complexity index is 409. The summed E-state index contributed by atoms with van der Waals surface area (Å²) in [5.74, 6) is 0.610. The smallest absolute Gasteiger partial charge is 0.0640 e. The number of piperidine rings is 1. The second-order valence-electron chi connectivity index (χ2n) is 5.06. The Hall–Kier alpha value is -0.280. The number of rotatable bonds is 3. The molecule has 0 aromatic heterocycles. The minimum atomic E-state index is 0.297. The van der Waals surface area contributed by atoms with Crippen LogP contribution in [0.2, 0.25) is 10.0 Å². The molecular weight excluding hydrogens is 267 g/mol. The molecule has 0 amide bonds. The highest BCUT2D eigenvalue weighted by atomic mass is 35.5. The van der Waals surface area contributed by atoms with Gasteiger partial charge in [0.15, 0.2) is 0 Å². The molecule has 2 unspecified atom stereocenters. The Morgan fingerprint density at radius 2 is 2.22 bits per heavy atom. The maximum atomic E-state index is 6.29. The van der Waals surface area contributed by atoms with Crippen molar-refractivity contribution >= 4 is 23.2 Å². The van der Waals surface area contributed by atoms with Gasteiger partial charge in [0.25, 0.3) is 0 Å². The lowest BCUT2D eigenvalue weighted by Crippen LogP contribution is -2.39. The van der Waals surface area contributed by atoms with Crippen molar-refractivity contribution in [3.63, 3.8) is 0 Å². The van der Waals surface area contributed by atoms with Crippen molar-refractivity contribution < 1.29 is 0 Å². The molecule has 0 spiro atoms. The average Bonchev–Trinajstić information content (AvgIpc) is 2.41. The van der Waals surface area contributed by atoms with E-state index in [1.807, 2.05) is 12.1 Å². The summed E-state index contributed by atoms with van der Waals surface area (Å²) < 4.78 is 0. The highest BCUT2D eigenvalue weighted by Crippen LogP contribution is 2.34. The molecule has 1 aliphatic heterocycles. The summed E-state index contributed by atoms with van der Waals surface area (Å²) >= 11 is 12.4. The van der Waals surface area contributed by atoms with Gasteiger partial charge < -0.3 is 5.73 Å². The van der Waals surface area contributed by atoms with Crippen molar-refractivity contribution in [2.75, 3.05) is 19.6 Å². The van der Waals surface area contributed by atoms with Gasteiger partial charge in [-0.1, -0.05) is 35.3 Å². The minimum Gasteiger partial charge on any atom is -0.330 e. The molecule has 1 saturated heterocycles. The van der Waals surface area contributed by atoms with Crippen LogP contribution in [0.1, 0.15) is 31.4 Å². The number of hydrogen-bond acceptors (Lipinski definition) is 2. The lowest BCUT2D eigenvalue weighted by molar-refractivity contribution is 0.134. The fourth-order valence-electron chi connectivity index (χ4n) is 2.68. The predicted octanol–water partition coefficient (Wildman–Crippen LogP) is 3.73. The number of nitrogens with zero attached hydrogens (tertiary/aromatic N) is 1.